The van der Waals surface area contributed by atoms with E-state index in [1.807, 2.05) is 12.1 Å². The number of ether oxygens (including phenoxy) is 3. The Morgan fingerprint density at radius 2 is 1.25 bits per heavy atom. The first-order valence-electron chi connectivity index (χ1n) is 11.8. The molecule has 0 bridgehead atoms. The predicted octanol–water partition coefficient (Wildman–Crippen LogP) is 5.98. The van der Waals surface area contributed by atoms with Gasteiger partial charge in [-0.2, -0.15) is 0 Å². The number of nitrogens with zero attached hydrogens (tertiary/aromatic N) is 2. The molecule has 194 valence electrons. The molecule has 0 amide bonds. The van der Waals surface area contributed by atoms with Gasteiger partial charge in [-0.25, -0.2) is 0 Å². The van der Waals surface area contributed by atoms with Crippen molar-refractivity contribution in [1.29, 1.82) is 0 Å². The second kappa shape index (κ2) is 14.8. The van der Waals surface area contributed by atoms with E-state index in [0.29, 0.717) is 17.2 Å². The lowest BCUT2D eigenvalue weighted by Crippen LogP contribution is -2.47. The van der Waals surface area contributed by atoms with Gasteiger partial charge in [0.15, 0.2) is 11.5 Å². The number of halogens is 2. The molecule has 1 saturated heterocycles. The summed E-state index contributed by atoms with van der Waals surface area (Å²) in [5.41, 5.74) is 3.68. The first kappa shape index (κ1) is 29.5. The van der Waals surface area contributed by atoms with Crippen LogP contribution >= 0.6 is 24.8 Å². The van der Waals surface area contributed by atoms with Crippen molar-refractivity contribution in [3.05, 3.63) is 95.6 Å². The van der Waals surface area contributed by atoms with Crippen molar-refractivity contribution in [2.24, 2.45) is 0 Å². The lowest BCUT2D eigenvalue weighted by Gasteiger charge is -2.39. The molecule has 0 spiro atoms. The van der Waals surface area contributed by atoms with E-state index in [0.717, 1.165) is 38.3 Å². The number of hydrogen-bond donors (Lipinski definition) is 0. The third-order valence-corrected chi connectivity index (χ3v) is 6.40. The van der Waals surface area contributed by atoms with Crippen molar-refractivity contribution >= 4 is 30.9 Å². The van der Waals surface area contributed by atoms with E-state index in [1.165, 1.54) is 11.1 Å². The molecule has 0 N–H and O–H groups in total. The van der Waals surface area contributed by atoms with Crippen LogP contribution in [0.5, 0.6) is 17.2 Å². The van der Waals surface area contributed by atoms with Crippen LogP contribution < -0.4 is 14.2 Å². The van der Waals surface area contributed by atoms with E-state index < -0.39 is 0 Å². The molecule has 0 radical (unpaired) electrons. The topological polar surface area (TPSA) is 34.2 Å². The number of hydrogen-bond acceptors (Lipinski definition) is 5. The van der Waals surface area contributed by atoms with Crippen LogP contribution in [0, 0.1) is 0 Å². The smallest absolute Gasteiger partial charge is 0.203 e. The Bertz CT molecular complexity index is 1030. The van der Waals surface area contributed by atoms with Crippen LogP contribution in [-0.4, -0.2) is 63.9 Å². The molecule has 5 nitrogen and oxygen atoms in total. The molecule has 0 aromatic heterocycles. The Morgan fingerprint density at radius 1 is 0.694 bits per heavy atom. The summed E-state index contributed by atoms with van der Waals surface area (Å²) >= 11 is 0. The summed E-state index contributed by atoms with van der Waals surface area (Å²) in [6, 6.07) is 25.9. The number of piperazine rings is 1. The molecule has 0 saturated carbocycles. The van der Waals surface area contributed by atoms with Crippen molar-refractivity contribution in [3.63, 3.8) is 0 Å². The molecule has 1 aliphatic heterocycles. The molecule has 1 aliphatic rings. The van der Waals surface area contributed by atoms with Crippen molar-refractivity contribution in [2.45, 2.75) is 6.04 Å². The average Bonchev–Trinajstić information content (AvgIpc) is 2.90. The largest absolute Gasteiger partial charge is 0.493 e. The van der Waals surface area contributed by atoms with Crippen LogP contribution in [0.1, 0.15) is 22.7 Å². The fraction of sp³-hybridized carbons (Fsp3) is 0.310. The van der Waals surface area contributed by atoms with Crippen molar-refractivity contribution < 1.29 is 14.2 Å². The molecule has 0 unspecified atom stereocenters. The molecule has 1 heterocycles. The maximum Gasteiger partial charge on any atom is 0.203 e. The van der Waals surface area contributed by atoms with Crippen LogP contribution in [0.25, 0.3) is 6.08 Å². The Balaban J connectivity index is 0.00000228. The monoisotopic (exact) mass is 530 g/mol. The lowest BCUT2D eigenvalue weighted by atomic mass is 9.96. The molecular weight excluding hydrogens is 495 g/mol. The highest BCUT2D eigenvalue weighted by Gasteiger charge is 2.26. The Morgan fingerprint density at radius 3 is 1.75 bits per heavy atom. The summed E-state index contributed by atoms with van der Waals surface area (Å²) in [5.74, 6) is 1.98. The fourth-order valence-corrected chi connectivity index (χ4v) is 4.67. The molecule has 0 aliphatic carbocycles. The zero-order chi connectivity index (χ0) is 23.8. The summed E-state index contributed by atoms with van der Waals surface area (Å²) in [6.45, 7) is 5.02. The van der Waals surface area contributed by atoms with E-state index in [-0.39, 0.29) is 30.9 Å². The second-order valence-corrected chi connectivity index (χ2v) is 8.39. The molecule has 3 aromatic rings. The van der Waals surface area contributed by atoms with Gasteiger partial charge < -0.3 is 14.2 Å². The van der Waals surface area contributed by atoms with E-state index in [4.69, 9.17) is 14.2 Å². The maximum absolute atomic E-state index is 5.60. The minimum Gasteiger partial charge on any atom is -0.493 e. The first-order valence-corrected chi connectivity index (χ1v) is 11.8. The average molecular weight is 532 g/mol. The molecule has 3 aromatic carbocycles. The number of benzene rings is 3. The molecular formula is C29H36Cl2N2O3. The fourth-order valence-electron chi connectivity index (χ4n) is 4.67. The van der Waals surface area contributed by atoms with Crippen molar-refractivity contribution in [1.82, 2.24) is 9.80 Å². The third-order valence-electron chi connectivity index (χ3n) is 6.40. The van der Waals surface area contributed by atoms with Crippen LogP contribution in [0.3, 0.4) is 0 Å². The van der Waals surface area contributed by atoms with Gasteiger partial charge in [-0.3, -0.25) is 9.80 Å². The van der Waals surface area contributed by atoms with Gasteiger partial charge in [0.05, 0.1) is 27.4 Å². The molecule has 1 fully saturated rings. The van der Waals surface area contributed by atoms with E-state index >= 15 is 0 Å². The van der Waals surface area contributed by atoms with Crippen LogP contribution in [0.4, 0.5) is 0 Å². The van der Waals surface area contributed by atoms with Crippen LogP contribution in [0.15, 0.2) is 78.9 Å². The van der Waals surface area contributed by atoms with Crippen LogP contribution in [-0.2, 0) is 0 Å². The quantitative estimate of drug-likeness (QED) is 0.340. The van der Waals surface area contributed by atoms with E-state index in [9.17, 15) is 0 Å². The van der Waals surface area contributed by atoms with Gasteiger partial charge in [-0.15, -0.1) is 24.8 Å². The Labute approximate surface area is 227 Å². The van der Waals surface area contributed by atoms with Gasteiger partial charge in [-0.05, 0) is 23.3 Å². The summed E-state index contributed by atoms with van der Waals surface area (Å²) in [5, 5.41) is 0. The molecule has 36 heavy (non-hydrogen) atoms. The maximum atomic E-state index is 5.60. The van der Waals surface area contributed by atoms with Crippen molar-refractivity contribution in [2.75, 3.05) is 54.1 Å². The number of rotatable bonds is 9. The summed E-state index contributed by atoms with van der Waals surface area (Å²) in [4.78, 5) is 5.09. The highest BCUT2D eigenvalue weighted by atomic mass is 35.5. The normalized spacial score (nSPS) is 14.2. The number of methoxy groups -OCH3 is 3. The second-order valence-electron chi connectivity index (χ2n) is 8.39. The minimum atomic E-state index is 0. The Kier molecular flexibility index (Phi) is 12.1. The predicted molar refractivity (Wildman–Crippen MR) is 152 cm³/mol. The van der Waals surface area contributed by atoms with Gasteiger partial charge in [-0.1, -0.05) is 72.8 Å². The van der Waals surface area contributed by atoms with E-state index in [2.05, 4.69) is 82.6 Å². The van der Waals surface area contributed by atoms with Gasteiger partial charge in [0.2, 0.25) is 5.75 Å². The molecule has 4 rings (SSSR count). The first-order chi connectivity index (χ1) is 16.7. The van der Waals surface area contributed by atoms with E-state index in [1.54, 1.807) is 21.3 Å². The molecule has 7 heteroatoms. The SMILES string of the molecule is COc1ccc(/C=C/CN2CCN(C(c3ccccc3)c3ccccc3)CC2)c(OC)c1OC.Cl.Cl. The highest BCUT2D eigenvalue weighted by molar-refractivity contribution is 5.85. The van der Waals surface area contributed by atoms with Gasteiger partial charge >= 0.3 is 0 Å². The highest BCUT2D eigenvalue weighted by Crippen LogP contribution is 2.40. The summed E-state index contributed by atoms with van der Waals surface area (Å²) in [7, 11) is 4.92. The third kappa shape index (κ3) is 6.95. The standard InChI is InChI=1S/C29H34N2O3.2ClH/c1-32-26-17-16-25(28(33-2)29(26)34-3)15-10-18-30-19-21-31(22-20-30)27(23-11-6-4-7-12-23)24-13-8-5-9-14-24;;/h4-17,27H,18-22H2,1-3H3;2*1H/b15-10+;;. The summed E-state index contributed by atoms with van der Waals surface area (Å²) < 4.78 is 16.5. The van der Waals surface area contributed by atoms with Crippen molar-refractivity contribution in [3.8, 4) is 17.2 Å². The van der Waals surface area contributed by atoms with Gasteiger partial charge in [0.25, 0.3) is 0 Å². The zero-order valence-corrected chi connectivity index (χ0v) is 22.8. The van der Waals surface area contributed by atoms with Gasteiger partial charge in [0.1, 0.15) is 0 Å². The van der Waals surface area contributed by atoms with Crippen LogP contribution in [0.2, 0.25) is 0 Å². The van der Waals surface area contributed by atoms with Gasteiger partial charge in [0, 0.05) is 38.3 Å². The zero-order valence-electron chi connectivity index (χ0n) is 21.1. The Hall–Kier alpha value is -2.70. The molecule has 0 atom stereocenters. The lowest BCUT2D eigenvalue weighted by molar-refractivity contribution is 0.118. The minimum absolute atomic E-state index is 0. The summed E-state index contributed by atoms with van der Waals surface area (Å²) in [6.07, 6.45) is 4.30.